The first-order valence-corrected chi connectivity index (χ1v) is 8.14. The maximum atomic E-state index is 12.8. The van der Waals surface area contributed by atoms with Crippen LogP contribution in [-0.2, 0) is 10.0 Å². The van der Waals surface area contributed by atoms with Crippen molar-refractivity contribution in [3.63, 3.8) is 0 Å². The van der Waals surface area contributed by atoms with Crippen LogP contribution in [0.25, 0.3) is 0 Å². The van der Waals surface area contributed by atoms with Gasteiger partial charge < -0.3 is 9.64 Å². The van der Waals surface area contributed by atoms with Crippen molar-refractivity contribution in [1.29, 1.82) is 0 Å². The van der Waals surface area contributed by atoms with Crippen LogP contribution in [0, 0.1) is 13.8 Å². The third kappa shape index (κ3) is 2.82. The summed E-state index contributed by atoms with van der Waals surface area (Å²) in [4.78, 5) is 2.56. The van der Waals surface area contributed by atoms with Crippen LogP contribution in [0.5, 0.6) is 5.75 Å². The molecule has 1 aromatic carbocycles. The summed E-state index contributed by atoms with van der Waals surface area (Å²) in [5.74, 6) is 0.692. The maximum absolute atomic E-state index is 12.8. The fourth-order valence-corrected chi connectivity index (χ4v) is 4.43. The summed E-state index contributed by atoms with van der Waals surface area (Å²) in [6.45, 7) is 6.27. The van der Waals surface area contributed by atoms with Gasteiger partial charge in [0.25, 0.3) is 0 Å². The van der Waals surface area contributed by atoms with E-state index in [1.54, 1.807) is 23.5 Å². The quantitative estimate of drug-likeness (QED) is 0.843. The van der Waals surface area contributed by atoms with Gasteiger partial charge in [-0.05, 0) is 44.2 Å². The van der Waals surface area contributed by atoms with E-state index < -0.39 is 10.0 Å². The largest absolute Gasteiger partial charge is 0.497 e. The van der Waals surface area contributed by atoms with Gasteiger partial charge in [0, 0.05) is 26.2 Å². The molecule has 1 fully saturated rings. The molecule has 2 rings (SSSR count). The van der Waals surface area contributed by atoms with Gasteiger partial charge in [-0.15, -0.1) is 0 Å². The minimum atomic E-state index is -3.42. The predicted molar refractivity (Wildman–Crippen MR) is 78.7 cm³/mol. The summed E-state index contributed by atoms with van der Waals surface area (Å²) in [5.41, 5.74) is 1.47. The molecule has 5 nitrogen and oxygen atoms in total. The zero-order chi connectivity index (χ0) is 14.9. The summed E-state index contributed by atoms with van der Waals surface area (Å²) >= 11 is 0. The van der Waals surface area contributed by atoms with Gasteiger partial charge in [-0.1, -0.05) is 0 Å². The van der Waals surface area contributed by atoms with Crippen LogP contribution in [0.1, 0.15) is 11.1 Å². The highest BCUT2D eigenvalue weighted by Gasteiger charge is 2.30. The van der Waals surface area contributed by atoms with E-state index in [0.717, 1.165) is 24.2 Å². The number of methoxy groups -OCH3 is 1. The maximum Gasteiger partial charge on any atom is 0.243 e. The zero-order valence-electron chi connectivity index (χ0n) is 12.5. The Bertz CT molecular complexity index is 567. The van der Waals surface area contributed by atoms with Crippen molar-refractivity contribution < 1.29 is 13.2 Å². The number of hydrogen-bond donors (Lipinski definition) is 0. The molecule has 0 amide bonds. The molecule has 0 aliphatic carbocycles. The normalized spacial score (nSPS) is 18.2. The fourth-order valence-electron chi connectivity index (χ4n) is 2.59. The van der Waals surface area contributed by atoms with Crippen molar-refractivity contribution in [2.24, 2.45) is 0 Å². The number of piperazine rings is 1. The van der Waals surface area contributed by atoms with Crippen molar-refractivity contribution in [3.05, 3.63) is 23.3 Å². The molecule has 0 N–H and O–H groups in total. The van der Waals surface area contributed by atoms with E-state index in [2.05, 4.69) is 4.90 Å². The van der Waals surface area contributed by atoms with Crippen LogP contribution in [0.15, 0.2) is 17.0 Å². The fraction of sp³-hybridized carbons (Fsp3) is 0.571. The lowest BCUT2D eigenvalue weighted by Crippen LogP contribution is -2.47. The molecule has 0 atom stereocenters. The van der Waals surface area contributed by atoms with E-state index >= 15 is 0 Å². The van der Waals surface area contributed by atoms with E-state index in [-0.39, 0.29) is 0 Å². The lowest BCUT2D eigenvalue weighted by molar-refractivity contribution is 0.222. The van der Waals surface area contributed by atoms with Gasteiger partial charge in [-0.3, -0.25) is 0 Å². The first-order chi connectivity index (χ1) is 9.36. The molecule has 0 saturated carbocycles. The van der Waals surface area contributed by atoms with E-state index in [9.17, 15) is 8.42 Å². The van der Waals surface area contributed by atoms with Crippen molar-refractivity contribution in [3.8, 4) is 5.75 Å². The van der Waals surface area contributed by atoms with Crippen molar-refractivity contribution in [2.75, 3.05) is 40.3 Å². The van der Waals surface area contributed by atoms with Crippen LogP contribution in [0.2, 0.25) is 0 Å². The Morgan fingerprint density at radius 3 is 2.00 bits per heavy atom. The molecule has 1 aromatic rings. The first-order valence-electron chi connectivity index (χ1n) is 6.70. The van der Waals surface area contributed by atoms with Crippen LogP contribution in [0.3, 0.4) is 0 Å². The monoisotopic (exact) mass is 298 g/mol. The number of benzene rings is 1. The minimum absolute atomic E-state index is 0.419. The van der Waals surface area contributed by atoms with Crippen LogP contribution in [-0.4, -0.2) is 58.0 Å². The molecule has 0 bridgehead atoms. The number of nitrogens with zero attached hydrogens (tertiary/aromatic N) is 2. The summed E-state index contributed by atoms with van der Waals surface area (Å²) in [6, 6.07) is 3.55. The lowest BCUT2D eigenvalue weighted by atomic mass is 10.1. The molecule has 1 saturated heterocycles. The van der Waals surface area contributed by atoms with Crippen molar-refractivity contribution in [1.82, 2.24) is 9.21 Å². The van der Waals surface area contributed by atoms with Crippen molar-refractivity contribution in [2.45, 2.75) is 18.7 Å². The Labute approximate surface area is 121 Å². The Morgan fingerprint density at radius 1 is 1.05 bits per heavy atom. The highest BCUT2D eigenvalue weighted by Crippen LogP contribution is 2.28. The van der Waals surface area contributed by atoms with Gasteiger partial charge in [0.15, 0.2) is 0 Å². The summed E-state index contributed by atoms with van der Waals surface area (Å²) < 4.78 is 32.4. The zero-order valence-corrected chi connectivity index (χ0v) is 13.3. The third-order valence-electron chi connectivity index (χ3n) is 3.73. The van der Waals surface area contributed by atoms with Crippen LogP contribution in [0.4, 0.5) is 0 Å². The summed E-state index contributed by atoms with van der Waals surface area (Å²) in [6.07, 6.45) is 0. The molecule has 0 radical (unpaired) electrons. The second-order valence-electron chi connectivity index (χ2n) is 5.30. The van der Waals surface area contributed by atoms with E-state index in [1.165, 1.54) is 0 Å². The minimum Gasteiger partial charge on any atom is -0.497 e. The number of rotatable bonds is 3. The standard InChI is InChI=1S/C14H22N2O3S/c1-11-9-13(19-4)10-12(2)14(11)20(17,18)16-7-5-15(3)6-8-16/h9-10H,5-8H2,1-4H3. The molecule has 0 spiro atoms. The number of ether oxygens (including phenoxy) is 1. The molecule has 20 heavy (non-hydrogen) atoms. The van der Waals surface area contributed by atoms with Gasteiger partial charge in [-0.2, -0.15) is 4.31 Å². The van der Waals surface area contributed by atoms with Gasteiger partial charge in [0.2, 0.25) is 10.0 Å². The van der Waals surface area contributed by atoms with E-state index in [0.29, 0.717) is 23.7 Å². The van der Waals surface area contributed by atoms with Crippen LogP contribution >= 0.6 is 0 Å². The molecule has 1 aliphatic rings. The number of sulfonamides is 1. The topological polar surface area (TPSA) is 49.9 Å². The molecule has 112 valence electrons. The highest BCUT2D eigenvalue weighted by atomic mass is 32.2. The number of aryl methyl sites for hydroxylation is 2. The van der Waals surface area contributed by atoms with E-state index in [1.807, 2.05) is 20.9 Å². The number of hydrogen-bond acceptors (Lipinski definition) is 4. The van der Waals surface area contributed by atoms with Crippen LogP contribution < -0.4 is 4.74 Å². The molecular formula is C14H22N2O3S. The van der Waals surface area contributed by atoms with Gasteiger partial charge >= 0.3 is 0 Å². The molecule has 0 unspecified atom stereocenters. The Kier molecular flexibility index (Phi) is 4.36. The van der Waals surface area contributed by atoms with E-state index in [4.69, 9.17) is 4.74 Å². The van der Waals surface area contributed by atoms with Gasteiger partial charge in [0.05, 0.1) is 12.0 Å². The van der Waals surface area contributed by atoms with Gasteiger partial charge in [0.1, 0.15) is 5.75 Å². The number of likely N-dealkylation sites (N-methyl/N-ethyl adjacent to an activating group) is 1. The Hall–Kier alpha value is -1.11. The lowest BCUT2D eigenvalue weighted by Gasteiger charge is -2.32. The highest BCUT2D eigenvalue weighted by molar-refractivity contribution is 7.89. The third-order valence-corrected chi connectivity index (χ3v) is 5.93. The smallest absolute Gasteiger partial charge is 0.243 e. The predicted octanol–water partition coefficient (Wildman–Crippen LogP) is 1.25. The van der Waals surface area contributed by atoms with Gasteiger partial charge in [-0.25, -0.2) is 8.42 Å². The average Bonchev–Trinajstić information content (AvgIpc) is 2.37. The first kappa shape index (κ1) is 15.3. The average molecular weight is 298 g/mol. The molecule has 6 heteroatoms. The molecule has 1 heterocycles. The Balaban J connectivity index is 2.39. The van der Waals surface area contributed by atoms with Crippen molar-refractivity contribution >= 4 is 10.0 Å². The summed E-state index contributed by atoms with van der Waals surface area (Å²) in [5, 5.41) is 0. The molecular weight excluding hydrogens is 276 g/mol. The molecule has 1 aliphatic heterocycles. The SMILES string of the molecule is COc1cc(C)c(S(=O)(=O)N2CCN(C)CC2)c(C)c1. The second kappa shape index (κ2) is 5.71. The Morgan fingerprint density at radius 2 is 1.55 bits per heavy atom. The summed E-state index contributed by atoms with van der Waals surface area (Å²) in [7, 11) is 0.173. The molecule has 0 aromatic heterocycles. The second-order valence-corrected chi connectivity index (χ2v) is 7.17.